The molecule has 0 aliphatic heterocycles. The molecule has 0 amide bonds. The first-order chi connectivity index (χ1) is 7.41. The third kappa shape index (κ3) is 5.03. The van der Waals surface area contributed by atoms with Gasteiger partial charge in [0, 0.05) is 12.3 Å². The highest BCUT2D eigenvalue weighted by Crippen LogP contribution is 2.49. The molecule has 0 bridgehead atoms. The molecule has 5 heteroatoms. The van der Waals surface area contributed by atoms with Gasteiger partial charge in [0.25, 0.3) is 0 Å². The Hall–Kier alpha value is 0.880. The van der Waals surface area contributed by atoms with Crippen LogP contribution in [0.5, 0.6) is 0 Å². The topological polar surface area (TPSA) is 37.3 Å². The highest BCUT2D eigenvalue weighted by Gasteiger charge is 2.31. The van der Waals surface area contributed by atoms with E-state index < -0.39 is 5.97 Å². The van der Waals surface area contributed by atoms with Gasteiger partial charge in [0.05, 0.1) is 0 Å². The molecular formula is C11H11I3O2. The van der Waals surface area contributed by atoms with Crippen LogP contribution in [-0.2, 0) is 4.79 Å². The molecule has 2 nitrogen and oxygen atoms in total. The molecule has 0 fully saturated rings. The van der Waals surface area contributed by atoms with Gasteiger partial charge in [-0.3, -0.25) is 4.79 Å². The maximum Gasteiger partial charge on any atom is 0.303 e. The summed E-state index contributed by atoms with van der Waals surface area (Å²) in [5.41, 5.74) is 1.21. The van der Waals surface area contributed by atoms with Crippen molar-refractivity contribution < 1.29 is 9.90 Å². The number of halogens is 3. The van der Waals surface area contributed by atoms with Crippen molar-refractivity contribution in [2.75, 3.05) is 0 Å². The summed E-state index contributed by atoms with van der Waals surface area (Å²) in [4.78, 5) is 10.7. The molecule has 1 unspecified atom stereocenters. The molecule has 0 saturated carbocycles. The Bertz CT molecular complexity index is 346. The van der Waals surface area contributed by atoms with Crippen molar-refractivity contribution in [2.45, 2.75) is 18.2 Å². The largest absolute Gasteiger partial charge is 0.481 e. The summed E-state index contributed by atoms with van der Waals surface area (Å²) in [7, 11) is 0. The number of benzene rings is 1. The Labute approximate surface area is 136 Å². The molecule has 0 heterocycles. The number of carbonyl (C=O) groups is 1. The molecule has 1 atom stereocenters. The van der Waals surface area contributed by atoms with Crippen LogP contribution in [0.3, 0.4) is 0 Å². The number of hydrogen-bond donors (Lipinski definition) is 1. The molecule has 0 radical (unpaired) electrons. The standard InChI is InChI=1S/C11H11I3O2/c12-11(13,14)9(6-7-10(15)16)8-4-2-1-3-5-8/h1-5,9H,6-7H2,(H,15,16). The second kappa shape index (κ2) is 6.72. The lowest BCUT2D eigenvalue weighted by atomic mass is 9.96. The highest BCUT2D eigenvalue weighted by atomic mass is 127. The Morgan fingerprint density at radius 2 is 1.81 bits per heavy atom. The first-order valence-corrected chi connectivity index (χ1v) is 7.98. The third-order valence-electron chi connectivity index (χ3n) is 2.24. The van der Waals surface area contributed by atoms with E-state index in [2.05, 4.69) is 79.9 Å². The van der Waals surface area contributed by atoms with Crippen molar-refractivity contribution in [3.05, 3.63) is 35.9 Å². The van der Waals surface area contributed by atoms with Gasteiger partial charge in [0.15, 0.2) is 0 Å². The number of rotatable bonds is 5. The van der Waals surface area contributed by atoms with Gasteiger partial charge in [-0.05, 0) is 12.0 Å². The molecule has 16 heavy (non-hydrogen) atoms. The molecule has 0 spiro atoms. The lowest BCUT2D eigenvalue weighted by molar-refractivity contribution is -0.137. The van der Waals surface area contributed by atoms with Gasteiger partial charge in [0.1, 0.15) is -0.565 Å². The fourth-order valence-electron chi connectivity index (χ4n) is 1.47. The van der Waals surface area contributed by atoms with Gasteiger partial charge in [-0.15, -0.1) is 0 Å². The zero-order chi connectivity index (χ0) is 12.2. The van der Waals surface area contributed by atoms with Crippen molar-refractivity contribution >= 4 is 73.7 Å². The third-order valence-corrected chi connectivity index (χ3v) is 4.50. The SMILES string of the molecule is O=C(O)CCC(c1ccccc1)C(I)(I)I. The predicted molar refractivity (Wildman–Crippen MR) is 90.8 cm³/mol. The zero-order valence-electron chi connectivity index (χ0n) is 8.37. The van der Waals surface area contributed by atoms with Crippen LogP contribution in [0, 0.1) is 0 Å². The first kappa shape index (κ1) is 14.9. The van der Waals surface area contributed by atoms with Crippen LogP contribution in [0.1, 0.15) is 24.3 Å². The molecular weight excluding hydrogens is 545 g/mol. The fourth-order valence-corrected chi connectivity index (χ4v) is 3.49. The van der Waals surface area contributed by atoms with Crippen molar-refractivity contribution in [2.24, 2.45) is 0 Å². The average Bonchev–Trinajstić information content (AvgIpc) is 2.17. The number of carboxylic acids is 1. The second-order valence-corrected chi connectivity index (χ2v) is 14.7. The van der Waals surface area contributed by atoms with E-state index in [1.807, 2.05) is 18.2 Å². The van der Waals surface area contributed by atoms with Crippen LogP contribution in [0.15, 0.2) is 30.3 Å². The molecule has 0 aliphatic carbocycles. The summed E-state index contributed by atoms with van der Waals surface area (Å²) in [6, 6.07) is 10.1. The van der Waals surface area contributed by atoms with E-state index >= 15 is 0 Å². The Morgan fingerprint density at radius 1 is 1.25 bits per heavy atom. The predicted octanol–water partition coefficient (Wildman–Crippen LogP) is 4.59. The van der Waals surface area contributed by atoms with Crippen LogP contribution in [-0.4, -0.2) is 10.5 Å². The van der Waals surface area contributed by atoms with E-state index in [1.54, 1.807) is 0 Å². The Balaban J connectivity index is 2.84. The zero-order valence-corrected chi connectivity index (χ0v) is 14.8. The van der Waals surface area contributed by atoms with Crippen molar-refractivity contribution in [1.82, 2.24) is 0 Å². The second-order valence-electron chi connectivity index (χ2n) is 3.44. The van der Waals surface area contributed by atoms with Gasteiger partial charge in [-0.25, -0.2) is 0 Å². The summed E-state index contributed by atoms with van der Waals surface area (Å²) in [6.07, 6.45) is 0.893. The number of hydrogen-bond acceptors (Lipinski definition) is 1. The lowest BCUT2D eigenvalue weighted by Gasteiger charge is -2.25. The fraction of sp³-hybridized carbons (Fsp3) is 0.364. The average molecular weight is 556 g/mol. The minimum Gasteiger partial charge on any atom is -0.481 e. The van der Waals surface area contributed by atoms with Gasteiger partial charge >= 0.3 is 5.97 Å². The van der Waals surface area contributed by atoms with E-state index in [1.165, 1.54) is 5.56 Å². The van der Waals surface area contributed by atoms with Crippen LogP contribution in [0.4, 0.5) is 0 Å². The van der Waals surface area contributed by atoms with Crippen LogP contribution >= 0.6 is 67.8 Å². The molecule has 1 N–H and O–H groups in total. The smallest absolute Gasteiger partial charge is 0.303 e. The molecule has 88 valence electrons. The van der Waals surface area contributed by atoms with Gasteiger partial charge < -0.3 is 5.11 Å². The van der Waals surface area contributed by atoms with Crippen LogP contribution in [0.2, 0.25) is 0 Å². The summed E-state index contributed by atoms with van der Waals surface area (Å²) in [5.74, 6) is -0.471. The monoisotopic (exact) mass is 556 g/mol. The first-order valence-electron chi connectivity index (χ1n) is 4.74. The Morgan fingerprint density at radius 3 is 2.25 bits per heavy atom. The number of aliphatic carboxylic acids is 1. The molecule has 1 aromatic carbocycles. The quantitative estimate of drug-likeness (QED) is 0.426. The molecule has 1 aromatic rings. The number of alkyl halides is 3. The molecule has 1 rings (SSSR count). The molecule has 0 aromatic heterocycles. The van der Waals surface area contributed by atoms with Gasteiger partial charge in [0.2, 0.25) is 0 Å². The molecule has 0 aliphatic rings. The van der Waals surface area contributed by atoms with Crippen molar-refractivity contribution in [3.63, 3.8) is 0 Å². The van der Waals surface area contributed by atoms with Crippen LogP contribution < -0.4 is 0 Å². The van der Waals surface area contributed by atoms with E-state index in [0.717, 1.165) is 0 Å². The normalized spacial score (nSPS) is 13.4. The number of carboxylic acid groups (broad SMARTS) is 1. The summed E-state index contributed by atoms with van der Waals surface area (Å²) < 4.78 is 0.00405. The maximum atomic E-state index is 10.7. The van der Waals surface area contributed by atoms with E-state index in [9.17, 15) is 4.79 Å². The van der Waals surface area contributed by atoms with E-state index in [0.29, 0.717) is 6.42 Å². The van der Waals surface area contributed by atoms with Crippen LogP contribution in [0.25, 0.3) is 0 Å². The minimum atomic E-state index is -0.727. The van der Waals surface area contributed by atoms with Gasteiger partial charge in [-0.2, -0.15) is 0 Å². The van der Waals surface area contributed by atoms with E-state index in [-0.39, 0.29) is 11.8 Å². The van der Waals surface area contributed by atoms with Gasteiger partial charge in [-0.1, -0.05) is 98.1 Å². The molecule has 0 saturated heterocycles. The summed E-state index contributed by atoms with van der Waals surface area (Å²) in [6.45, 7) is 0. The summed E-state index contributed by atoms with van der Waals surface area (Å²) in [5, 5.41) is 8.77. The lowest BCUT2D eigenvalue weighted by Crippen LogP contribution is -2.16. The minimum absolute atomic E-state index is 0.00405. The maximum absolute atomic E-state index is 10.7. The summed E-state index contributed by atoms with van der Waals surface area (Å²) >= 11 is 7.11. The van der Waals surface area contributed by atoms with Crippen molar-refractivity contribution in [1.29, 1.82) is 0 Å². The van der Waals surface area contributed by atoms with Crippen molar-refractivity contribution in [3.8, 4) is 0 Å². The van der Waals surface area contributed by atoms with E-state index in [4.69, 9.17) is 5.11 Å². The highest BCUT2D eigenvalue weighted by molar-refractivity contribution is 14.3. The Kier molecular flexibility index (Phi) is 6.27.